The molecule has 1 aromatic carbocycles. The molecule has 3 heterocycles. The molecule has 0 aliphatic heterocycles. The number of nitrogens with two attached hydrogens (primary N) is 1. The Balaban J connectivity index is 1.29. The number of imidazole rings is 1. The molecule has 5 rings (SSSR count). The molecule has 0 radical (unpaired) electrons. The number of nitrogens with zero attached hydrogens (tertiary/aromatic N) is 6. The first-order valence-corrected chi connectivity index (χ1v) is 10.1. The van der Waals surface area contributed by atoms with Crippen LogP contribution in [-0.2, 0) is 20.0 Å². The minimum atomic E-state index is -0.244. The molecule has 0 spiro atoms. The molecule has 9 nitrogen and oxygen atoms in total. The van der Waals surface area contributed by atoms with Gasteiger partial charge in [0.1, 0.15) is 12.9 Å². The summed E-state index contributed by atoms with van der Waals surface area (Å²) in [5, 5.41) is 4.18. The lowest BCUT2D eigenvalue weighted by Gasteiger charge is -2.02. The van der Waals surface area contributed by atoms with E-state index in [-0.39, 0.29) is 18.1 Å². The van der Waals surface area contributed by atoms with E-state index in [0.717, 1.165) is 18.7 Å². The summed E-state index contributed by atoms with van der Waals surface area (Å²) in [7, 11) is 1.69. The van der Waals surface area contributed by atoms with Crippen molar-refractivity contribution in [1.29, 1.82) is 0 Å². The number of hydrogen-bond donors (Lipinski definition) is 1. The van der Waals surface area contributed by atoms with Crippen LogP contribution in [0.1, 0.15) is 36.5 Å². The van der Waals surface area contributed by atoms with Crippen LogP contribution in [0.5, 0.6) is 0 Å². The second-order valence-corrected chi connectivity index (χ2v) is 8.00. The molecule has 3 aromatic heterocycles. The zero-order valence-electron chi connectivity index (χ0n) is 16.9. The fourth-order valence-corrected chi connectivity index (χ4v) is 4.26. The maximum atomic E-state index is 12.8. The van der Waals surface area contributed by atoms with Crippen LogP contribution in [0.2, 0.25) is 0 Å². The van der Waals surface area contributed by atoms with Crippen molar-refractivity contribution in [2.45, 2.75) is 32.2 Å². The number of fused-ring (bicyclic) bond motifs is 1. The van der Waals surface area contributed by atoms with Gasteiger partial charge in [0, 0.05) is 13.0 Å². The van der Waals surface area contributed by atoms with E-state index in [9.17, 15) is 4.79 Å². The van der Waals surface area contributed by atoms with E-state index in [0.29, 0.717) is 34.8 Å². The molecule has 1 fully saturated rings. The SMILES string of the molecule is CC1[C@H](CCc2ccccc2)[C@H]1c1noc(Cn2cnc3nc(N)n(C)c3c2=O)n1. The third kappa shape index (κ3) is 3.16. The van der Waals surface area contributed by atoms with Crippen molar-refractivity contribution in [2.24, 2.45) is 18.9 Å². The molecule has 2 N–H and O–H groups in total. The van der Waals surface area contributed by atoms with Gasteiger partial charge in [0.15, 0.2) is 17.0 Å². The van der Waals surface area contributed by atoms with E-state index in [2.05, 4.69) is 51.3 Å². The third-order valence-electron chi connectivity index (χ3n) is 6.15. The number of aryl methyl sites for hydroxylation is 2. The Morgan fingerprint density at radius 1 is 1.20 bits per heavy atom. The number of anilines is 1. The molecule has 1 aliphatic rings. The van der Waals surface area contributed by atoms with E-state index in [1.807, 2.05) is 6.07 Å². The van der Waals surface area contributed by atoms with Crippen LogP contribution in [-0.4, -0.2) is 29.2 Å². The molecule has 9 heteroatoms. The summed E-state index contributed by atoms with van der Waals surface area (Å²) in [5.41, 5.74) is 7.57. The Morgan fingerprint density at radius 3 is 2.80 bits per heavy atom. The van der Waals surface area contributed by atoms with Crippen molar-refractivity contribution in [3.63, 3.8) is 0 Å². The van der Waals surface area contributed by atoms with Gasteiger partial charge in [-0.25, -0.2) is 4.98 Å². The molecule has 1 aliphatic carbocycles. The number of benzene rings is 1. The Labute approximate surface area is 172 Å². The summed E-state index contributed by atoms with van der Waals surface area (Å²) in [6.45, 7) is 2.39. The molecule has 0 saturated heterocycles. The van der Waals surface area contributed by atoms with Crippen molar-refractivity contribution < 1.29 is 4.52 Å². The number of hydrogen-bond acceptors (Lipinski definition) is 7. The smallest absolute Gasteiger partial charge is 0.280 e. The second-order valence-electron chi connectivity index (χ2n) is 8.00. The molecule has 3 atom stereocenters. The minimum Gasteiger partial charge on any atom is -0.369 e. The molecule has 1 saturated carbocycles. The molecule has 0 amide bonds. The largest absolute Gasteiger partial charge is 0.369 e. The monoisotopic (exact) mass is 405 g/mol. The average molecular weight is 405 g/mol. The van der Waals surface area contributed by atoms with E-state index in [4.69, 9.17) is 10.3 Å². The number of rotatable bonds is 6. The van der Waals surface area contributed by atoms with Gasteiger partial charge in [-0.05, 0) is 30.2 Å². The predicted octanol–water partition coefficient (Wildman–Crippen LogP) is 2.13. The van der Waals surface area contributed by atoms with Gasteiger partial charge in [-0.2, -0.15) is 9.97 Å². The molecule has 1 unspecified atom stereocenters. The lowest BCUT2D eigenvalue weighted by Crippen LogP contribution is -2.22. The van der Waals surface area contributed by atoms with Crippen LogP contribution in [0.4, 0.5) is 5.95 Å². The highest BCUT2D eigenvalue weighted by Crippen LogP contribution is 2.54. The van der Waals surface area contributed by atoms with Gasteiger partial charge in [0.25, 0.3) is 5.56 Å². The highest BCUT2D eigenvalue weighted by Gasteiger charge is 2.49. The Kier molecular flexibility index (Phi) is 4.38. The van der Waals surface area contributed by atoms with Crippen LogP contribution in [0, 0.1) is 11.8 Å². The fraction of sp³-hybridized carbons (Fsp3) is 0.381. The summed E-state index contributed by atoms with van der Waals surface area (Å²) in [6.07, 6.45) is 3.58. The topological polar surface area (TPSA) is 118 Å². The second kappa shape index (κ2) is 7.08. The van der Waals surface area contributed by atoms with Crippen molar-refractivity contribution >= 4 is 17.1 Å². The normalized spacial score (nSPS) is 20.7. The predicted molar refractivity (Wildman–Crippen MR) is 111 cm³/mol. The van der Waals surface area contributed by atoms with Crippen molar-refractivity contribution in [3.8, 4) is 0 Å². The molecule has 154 valence electrons. The van der Waals surface area contributed by atoms with Crippen LogP contribution in [0.3, 0.4) is 0 Å². The Hall–Kier alpha value is -3.49. The summed E-state index contributed by atoms with van der Waals surface area (Å²) < 4.78 is 8.40. The van der Waals surface area contributed by atoms with Gasteiger partial charge in [-0.15, -0.1) is 0 Å². The standard InChI is InChI=1S/C21H23N7O2/c1-12-14(9-8-13-6-4-3-5-7-13)16(12)18-24-15(30-26-18)10-28-11-23-19-17(20(28)29)27(2)21(22)25-19/h3-7,11-12,14,16H,8-10H2,1-2H3,(H2,22,25)/t12?,14-,16-/m0/s1. The van der Waals surface area contributed by atoms with E-state index in [1.165, 1.54) is 21.0 Å². The van der Waals surface area contributed by atoms with E-state index < -0.39 is 0 Å². The molecule has 4 aromatic rings. The molecule has 30 heavy (non-hydrogen) atoms. The zero-order valence-corrected chi connectivity index (χ0v) is 16.9. The van der Waals surface area contributed by atoms with Crippen molar-refractivity contribution in [3.05, 3.63) is 64.3 Å². The van der Waals surface area contributed by atoms with E-state index >= 15 is 0 Å². The molecular formula is C21H23N7O2. The van der Waals surface area contributed by atoms with Gasteiger partial charge < -0.3 is 14.8 Å². The Bertz CT molecular complexity index is 1260. The van der Waals surface area contributed by atoms with Gasteiger partial charge in [0.2, 0.25) is 11.8 Å². The van der Waals surface area contributed by atoms with Crippen LogP contribution in [0.15, 0.2) is 46.0 Å². The molecular weight excluding hydrogens is 382 g/mol. The number of aromatic nitrogens is 6. The van der Waals surface area contributed by atoms with Crippen LogP contribution in [0.25, 0.3) is 11.2 Å². The summed E-state index contributed by atoms with van der Waals surface area (Å²) in [6, 6.07) is 10.5. The fourth-order valence-electron chi connectivity index (χ4n) is 4.26. The third-order valence-corrected chi connectivity index (χ3v) is 6.15. The maximum Gasteiger partial charge on any atom is 0.280 e. The highest BCUT2D eigenvalue weighted by atomic mass is 16.5. The van der Waals surface area contributed by atoms with Crippen molar-refractivity contribution in [1.82, 2.24) is 29.2 Å². The minimum absolute atomic E-state index is 0.162. The quantitative estimate of drug-likeness (QED) is 0.522. The van der Waals surface area contributed by atoms with Gasteiger partial charge >= 0.3 is 0 Å². The van der Waals surface area contributed by atoms with Gasteiger partial charge in [-0.3, -0.25) is 9.36 Å². The Morgan fingerprint density at radius 2 is 2.00 bits per heavy atom. The lowest BCUT2D eigenvalue weighted by atomic mass is 10.1. The first kappa shape index (κ1) is 18.5. The number of nitrogen functional groups attached to an aromatic ring is 1. The zero-order chi connectivity index (χ0) is 20.8. The summed E-state index contributed by atoms with van der Waals surface area (Å²) >= 11 is 0. The lowest BCUT2D eigenvalue weighted by molar-refractivity contribution is 0.363. The van der Waals surface area contributed by atoms with Gasteiger partial charge in [0.05, 0.1) is 0 Å². The highest BCUT2D eigenvalue weighted by molar-refractivity contribution is 5.72. The molecule has 0 bridgehead atoms. The first-order chi connectivity index (χ1) is 14.5. The maximum absolute atomic E-state index is 12.8. The first-order valence-electron chi connectivity index (χ1n) is 10.1. The van der Waals surface area contributed by atoms with Crippen molar-refractivity contribution in [2.75, 3.05) is 5.73 Å². The van der Waals surface area contributed by atoms with Crippen LogP contribution >= 0.6 is 0 Å². The summed E-state index contributed by atoms with van der Waals surface area (Å²) in [4.78, 5) is 25.6. The van der Waals surface area contributed by atoms with Crippen LogP contribution < -0.4 is 11.3 Å². The van der Waals surface area contributed by atoms with Gasteiger partial charge in [-0.1, -0.05) is 42.4 Å². The summed E-state index contributed by atoms with van der Waals surface area (Å²) in [5.74, 6) is 2.75. The van der Waals surface area contributed by atoms with E-state index in [1.54, 1.807) is 7.05 Å². The average Bonchev–Trinajstić information content (AvgIpc) is 3.04.